The van der Waals surface area contributed by atoms with Crippen LogP contribution < -0.4 is 15.2 Å². The predicted molar refractivity (Wildman–Crippen MR) is 79.0 cm³/mol. The molecule has 0 amide bonds. The molecule has 0 radical (unpaired) electrons. The summed E-state index contributed by atoms with van der Waals surface area (Å²) < 4.78 is 10.7. The molecule has 0 aliphatic carbocycles. The van der Waals surface area contributed by atoms with Crippen molar-refractivity contribution in [3.8, 4) is 22.9 Å². The molecule has 0 saturated heterocycles. The summed E-state index contributed by atoms with van der Waals surface area (Å²) in [5.74, 6) is 2.28. The number of benzene rings is 1. The number of nitrogens with two attached hydrogens (primary N) is 1. The van der Waals surface area contributed by atoms with Crippen molar-refractivity contribution >= 4 is 5.82 Å². The van der Waals surface area contributed by atoms with Crippen LogP contribution >= 0.6 is 0 Å². The first kappa shape index (κ1) is 14.1. The van der Waals surface area contributed by atoms with Crippen LogP contribution in [0.3, 0.4) is 0 Å². The van der Waals surface area contributed by atoms with E-state index in [1.54, 1.807) is 20.3 Å². The van der Waals surface area contributed by atoms with Crippen molar-refractivity contribution in [1.82, 2.24) is 9.97 Å². The maximum atomic E-state index is 5.87. The summed E-state index contributed by atoms with van der Waals surface area (Å²) in [6.07, 6.45) is 1.87. The molecule has 106 valence electrons. The Morgan fingerprint density at radius 1 is 1.15 bits per heavy atom. The van der Waals surface area contributed by atoms with Gasteiger partial charge in [-0.1, -0.05) is 19.4 Å². The van der Waals surface area contributed by atoms with Crippen molar-refractivity contribution in [2.75, 3.05) is 20.0 Å². The van der Waals surface area contributed by atoms with E-state index in [2.05, 4.69) is 16.9 Å². The molecule has 2 rings (SSSR count). The molecule has 5 heteroatoms. The second-order valence-corrected chi connectivity index (χ2v) is 4.40. The van der Waals surface area contributed by atoms with Crippen molar-refractivity contribution in [3.63, 3.8) is 0 Å². The number of para-hydroxylation sites is 1. The summed E-state index contributed by atoms with van der Waals surface area (Å²) in [6, 6.07) is 7.41. The van der Waals surface area contributed by atoms with Crippen LogP contribution in [0.1, 0.15) is 19.0 Å². The molecule has 20 heavy (non-hydrogen) atoms. The quantitative estimate of drug-likeness (QED) is 0.907. The van der Waals surface area contributed by atoms with E-state index in [0.717, 1.165) is 24.1 Å². The van der Waals surface area contributed by atoms with Gasteiger partial charge in [-0.25, -0.2) is 9.97 Å². The molecule has 0 aliphatic rings. The third kappa shape index (κ3) is 2.82. The third-order valence-electron chi connectivity index (χ3n) is 2.95. The predicted octanol–water partition coefficient (Wildman–Crippen LogP) is 2.70. The van der Waals surface area contributed by atoms with E-state index in [-0.39, 0.29) is 0 Å². The first-order valence-electron chi connectivity index (χ1n) is 6.54. The lowest BCUT2D eigenvalue weighted by molar-refractivity contribution is 0.356. The summed E-state index contributed by atoms with van der Waals surface area (Å²) in [5, 5.41) is 0. The van der Waals surface area contributed by atoms with Crippen molar-refractivity contribution in [3.05, 3.63) is 30.0 Å². The van der Waals surface area contributed by atoms with Gasteiger partial charge in [0.1, 0.15) is 5.82 Å². The van der Waals surface area contributed by atoms with Gasteiger partial charge < -0.3 is 15.2 Å². The fourth-order valence-corrected chi connectivity index (χ4v) is 2.09. The Morgan fingerprint density at radius 3 is 2.60 bits per heavy atom. The number of rotatable bonds is 5. The van der Waals surface area contributed by atoms with Gasteiger partial charge in [0.2, 0.25) is 0 Å². The van der Waals surface area contributed by atoms with E-state index in [9.17, 15) is 0 Å². The Hall–Kier alpha value is -2.30. The minimum atomic E-state index is 0.461. The van der Waals surface area contributed by atoms with E-state index < -0.39 is 0 Å². The Kier molecular flexibility index (Phi) is 4.40. The van der Waals surface area contributed by atoms with Crippen LogP contribution in [0.4, 0.5) is 5.82 Å². The second kappa shape index (κ2) is 6.23. The van der Waals surface area contributed by atoms with Gasteiger partial charge in [-0.3, -0.25) is 0 Å². The lowest BCUT2D eigenvalue weighted by Gasteiger charge is -2.12. The molecular formula is C15H19N3O2. The summed E-state index contributed by atoms with van der Waals surface area (Å²) >= 11 is 0. The Morgan fingerprint density at radius 2 is 1.95 bits per heavy atom. The molecule has 0 atom stereocenters. The zero-order valence-corrected chi connectivity index (χ0v) is 12.0. The van der Waals surface area contributed by atoms with Crippen molar-refractivity contribution in [2.24, 2.45) is 0 Å². The standard InChI is InChI=1S/C15H19N3O2/c1-4-6-10-9-13(16)18-15(17-10)11-7-5-8-12(19-2)14(11)20-3/h5,7-9H,4,6H2,1-3H3,(H2,16,17,18). The van der Waals surface area contributed by atoms with Crippen LogP contribution in [0.2, 0.25) is 0 Å². The Balaban J connectivity index is 2.56. The van der Waals surface area contributed by atoms with Gasteiger partial charge in [0.15, 0.2) is 17.3 Å². The number of nitrogen functional groups attached to an aromatic ring is 1. The molecule has 1 aromatic heterocycles. The number of nitrogens with zero attached hydrogens (tertiary/aromatic N) is 2. The average Bonchev–Trinajstić information content (AvgIpc) is 2.46. The first-order chi connectivity index (χ1) is 9.69. The summed E-state index contributed by atoms with van der Waals surface area (Å²) in [6.45, 7) is 2.10. The molecule has 2 aromatic rings. The molecule has 1 heterocycles. The summed E-state index contributed by atoms with van der Waals surface area (Å²) in [4.78, 5) is 8.85. The molecule has 0 spiro atoms. The zero-order chi connectivity index (χ0) is 14.5. The summed E-state index contributed by atoms with van der Waals surface area (Å²) in [7, 11) is 3.20. The first-order valence-corrected chi connectivity index (χ1v) is 6.54. The van der Waals surface area contributed by atoms with Crippen LogP contribution in [-0.4, -0.2) is 24.2 Å². The highest BCUT2D eigenvalue weighted by Gasteiger charge is 2.14. The van der Waals surface area contributed by atoms with E-state index in [4.69, 9.17) is 15.2 Å². The highest BCUT2D eigenvalue weighted by atomic mass is 16.5. The highest BCUT2D eigenvalue weighted by molar-refractivity contribution is 5.69. The average molecular weight is 273 g/mol. The smallest absolute Gasteiger partial charge is 0.171 e. The highest BCUT2D eigenvalue weighted by Crippen LogP contribution is 2.36. The number of anilines is 1. The van der Waals surface area contributed by atoms with E-state index in [1.165, 1.54) is 0 Å². The number of ether oxygens (including phenoxy) is 2. The zero-order valence-electron chi connectivity index (χ0n) is 12.0. The van der Waals surface area contributed by atoms with Crippen LogP contribution in [-0.2, 0) is 6.42 Å². The third-order valence-corrected chi connectivity index (χ3v) is 2.95. The Bertz CT molecular complexity index is 600. The molecular weight excluding hydrogens is 254 g/mol. The van der Waals surface area contributed by atoms with Gasteiger partial charge in [-0.15, -0.1) is 0 Å². The molecule has 0 bridgehead atoms. The van der Waals surface area contributed by atoms with E-state index in [1.807, 2.05) is 18.2 Å². The monoisotopic (exact) mass is 273 g/mol. The molecule has 0 unspecified atom stereocenters. The fourth-order valence-electron chi connectivity index (χ4n) is 2.09. The molecule has 1 aromatic carbocycles. The van der Waals surface area contributed by atoms with Crippen LogP contribution in [0.15, 0.2) is 24.3 Å². The maximum Gasteiger partial charge on any atom is 0.171 e. The van der Waals surface area contributed by atoms with Crippen LogP contribution in [0, 0.1) is 0 Å². The molecule has 2 N–H and O–H groups in total. The van der Waals surface area contributed by atoms with Crippen molar-refractivity contribution in [2.45, 2.75) is 19.8 Å². The van der Waals surface area contributed by atoms with Gasteiger partial charge in [0.05, 0.1) is 19.8 Å². The second-order valence-electron chi connectivity index (χ2n) is 4.40. The number of hydrogen-bond donors (Lipinski definition) is 1. The van der Waals surface area contributed by atoms with Gasteiger partial charge in [-0.05, 0) is 18.6 Å². The maximum absolute atomic E-state index is 5.87. The lowest BCUT2D eigenvalue weighted by Crippen LogP contribution is -2.02. The molecule has 0 aliphatic heterocycles. The lowest BCUT2D eigenvalue weighted by atomic mass is 10.1. The SMILES string of the molecule is CCCc1cc(N)nc(-c2cccc(OC)c2OC)n1. The van der Waals surface area contributed by atoms with E-state index >= 15 is 0 Å². The molecule has 0 fully saturated rings. The van der Waals surface area contributed by atoms with Gasteiger partial charge in [0, 0.05) is 11.8 Å². The van der Waals surface area contributed by atoms with Crippen molar-refractivity contribution in [1.29, 1.82) is 0 Å². The van der Waals surface area contributed by atoms with Gasteiger partial charge >= 0.3 is 0 Å². The van der Waals surface area contributed by atoms with Gasteiger partial charge in [-0.2, -0.15) is 0 Å². The molecule has 5 nitrogen and oxygen atoms in total. The Labute approximate surface area is 118 Å². The summed E-state index contributed by atoms with van der Waals surface area (Å²) in [5.41, 5.74) is 7.57. The minimum absolute atomic E-state index is 0.461. The van der Waals surface area contributed by atoms with Gasteiger partial charge in [0.25, 0.3) is 0 Å². The minimum Gasteiger partial charge on any atom is -0.493 e. The molecule has 0 saturated carbocycles. The number of methoxy groups -OCH3 is 2. The topological polar surface area (TPSA) is 70.3 Å². The van der Waals surface area contributed by atoms with Crippen LogP contribution in [0.5, 0.6) is 11.5 Å². The fraction of sp³-hybridized carbons (Fsp3) is 0.333. The van der Waals surface area contributed by atoms with E-state index in [0.29, 0.717) is 23.1 Å². The largest absolute Gasteiger partial charge is 0.493 e. The normalized spacial score (nSPS) is 10.3. The van der Waals surface area contributed by atoms with Crippen LogP contribution in [0.25, 0.3) is 11.4 Å². The van der Waals surface area contributed by atoms with Crippen molar-refractivity contribution < 1.29 is 9.47 Å². The number of aryl methyl sites for hydroxylation is 1. The number of aromatic nitrogens is 2. The number of hydrogen-bond acceptors (Lipinski definition) is 5.